The molecular weight excluding hydrogens is 305 g/mol. The number of nitrogens with zero attached hydrogens (tertiary/aromatic N) is 1. The van der Waals surface area contributed by atoms with Crippen LogP contribution in [0.1, 0.15) is 6.92 Å². The Labute approximate surface area is 115 Å². The van der Waals surface area contributed by atoms with Crippen LogP contribution in [-0.4, -0.2) is 35.8 Å². The first kappa shape index (κ1) is 14.3. The minimum Gasteiger partial charge on any atom is -0.484 e. The molecule has 0 saturated carbocycles. The fourth-order valence-electron chi connectivity index (χ4n) is 1.29. The topological polar surface area (TPSA) is 29.5 Å². The Morgan fingerprint density at radius 1 is 1.59 bits per heavy atom. The molecule has 3 nitrogen and oxygen atoms in total. The van der Waals surface area contributed by atoms with Crippen LogP contribution in [0.5, 0.6) is 5.75 Å². The molecule has 0 spiro atoms. The molecule has 1 aromatic carbocycles. The summed E-state index contributed by atoms with van der Waals surface area (Å²) in [6.07, 6.45) is 0. The molecule has 0 aliphatic heterocycles. The molecule has 0 fully saturated rings. The summed E-state index contributed by atoms with van der Waals surface area (Å²) >= 11 is 9.21. The van der Waals surface area contributed by atoms with Gasteiger partial charge in [0.05, 0.1) is 0 Å². The second-order valence-electron chi connectivity index (χ2n) is 3.80. The van der Waals surface area contributed by atoms with Crippen LogP contribution in [0.2, 0.25) is 5.02 Å². The minimum atomic E-state index is -0.0590. The third-order valence-corrected chi connectivity index (χ3v) is 2.63. The molecule has 0 saturated heterocycles. The van der Waals surface area contributed by atoms with E-state index in [2.05, 4.69) is 15.9 Å². The Kier molecular flexibility index (Phi) is 5.78. The van der Waals surface area contributed by atoms with E-state index >= 15 is 0 Å². The molecule has 1 rings (SSSR count). The first-order valence-corrected chi connectivity index (χ1v) is 6.55. The van der Waals surface area contributed by atoms with Crippen LogP contribution in [0.4, 0.5) is 0 Å². The largest absolute Gasteiger partial charge is 0.484 e. The molecule has 17 heavy (non-hydrogen) atoms. The lowest BCUT2D eigenvalue weighted by Gasteiger charge is -2.18. The Hall–Kier alpha value is -0.740. The quantitative estimate of drug-likeness (QED) is 0.781. The molecule has 94 valence electrons. The molecule has 1 amide bonds. The summed E-state index contributed by atoms with van der Waals surface area (Å²) in [7, 11) is 1.75. The van der Waals surface area contributed by atoms with Gasteiger partial charge in [0.1, 0.15) is 5.75 Å². The molecule has 0 aromatic heterocycles. The fraction of sp³-hybridized carbons (Fsp3) is 0.417. The van der Waals surface area contributed by atoms with Crippen LogP contribution in [0.3, 0.4) is 0 Å². The van der Waals surface area contributed by atoms with Crippen molar-refractivity contribution in [1.82, 2.24) is 4.90 Å². The highest BCUT2D eigenvalue weighted by atomic mass is 79.9. The van der Waals surface area contributed by atoms with E-state index < -0.39 is 0 Å². The number of amides is 1. The Balaban J connectivity index is 2.43. The zero-order valence-corrected chi connectivity index (χ0v) is 12.2. The lowest BCUT2D eigenvalue weighted by atomic mass is 10.3. The van der Waals surface area contributed by atoms with Gasteiger partial charge in [0.25, 0.3) is 5.91 Å². The zero-order chi connectivity index (χ0) is 12.8. The number of carbonyl (C=O) groups excluding carboxylic acids is 1. The molecule has 0 N–H and O–H groups in total. The van der Waals surface area contributed by atoms with Crippen LogP contribution in [0.15, 0.2) is 24.3 Å². The second kappa shape index (κ2) is 6.87. The van der Waals surface area contributed by atoms with Gasteiger partial charge in [0.2, 0.25) is 0 Å². The van der Waals surface area contributed by atoms with E-state index in [0.29, 0.717) is 17.3 Å². The van der Waals surface area contributed by atoms with Gasteiger partial charge < -0.3 is 9.64 Å². The number of likely N-dealkylation sites (N-methyl/N-ethyl adjacent to an activating group) is 1. The third kappa shape index (κ3) is 5.41. The number of halogens is 2. The standard InChI is InChI=1S/C12H15BrClNO2/c1-9(13)7-15(2)12(16)8-17-11-5-3-4-10(14)6-11/h3-6,9H,7-8H2,1-2H3. The van der Waals surface area contributed by atoms with E-state index in [1.54, 1.807) is 36.2 Å². The number of alkyl halides is 1. The van der Waals surface area contributed by atoms with E-state index in [0.717, 1.165) is 0 Å². The number of hydrogen-bond donors (Lipinski definition) is 0. The van der Waals surface area contributed by atoms with Crippen molar-refractivity contribution in [2.24, 2.45) is 0 Å². The molecule has 1 unspecified atom stereocenters. The first-order chi connectivity index (χ1) is 7.99. The normalized spacial score (nSPS) is 12.0. The van der Waals surface area contributed by atoms with Crippen molar-refractivity contribution in [1.29, 1.82) is 0 Å². The number of hydrogen-bond acceptors (Lipinski definition) is 2. The molecular formula is C12H15BrClNO2. The summed E-state index contributed by atoms with van der Waals surface area (Å²) in [4.78, 5) is 13.6. The van der Waals surface area contributed by atoms with E-state index in [-0.39, 0.29) is 17.3 Å². The van der Waals surface area contributed by atoms with Gasteiger partial charge in [-0.3, -0.25) is 4.79 Å². The van der Waals surface area contributed by atoms with Gasteiger partial charge in [0, 0.05) is 23.4 Å². The highest BCUT2D eigenvalue weighted by Gasteiger charge is 2.11. The van der Waals surface area contributed by atoms with Gasteiger partial charge in [-0.05, 0) is 18.2 Å². The van der Waals surface area contributed by atoms with Crippen molar-refractivity contribution in [3.63, 3.8) is 0 Å². The average Bonchev–Trinajstić information content (AvgIpc) is 2.25. The van der Waals surface area contributed by atoms with E-state index in [9.17, 15) is 4.79 Å². The summed E-state index contributed by atoms with van der Waals surface area (Å²) in [5.74, 6) is 0.544. The highest BCUT2D eigenvalue weighted by Crippen LogP contribution is 2.17. The molecule has 0 aliphatic rings. The van der Waals surface area contributed by atoms with Gasteiger partial charge in [-0.1, -0.05) is 40.5 Å². The third-order valence-electron chi connectivity index (χ3n) is 2.11. The Morgan fingerprint density at radius 2 is 2.29 bits per heavy atom. The predicted molar refractivity (Wildman–Crippen MR) is 73.0 cm³/mol. The maximum atomic E-state index is 11.7. The van der Waals surface area contributed by atoms with Crippen LogP contribution in [0, 0.1) is 0 Å². The summed E-state index contributed by atoms with van der Waals surface area (Å²) in [6.45, 7) is 2.66. The minimum absolute atomic E-state index is 0.0244. The number of carbonyl (C=O) groups is 1. The van der Waals surface area contributed by atoms with Crippen LogP contribution >= 0.6 is 27.5 Å². The monoisotopic (exact) mass is 319 g/mol. The molecule has 0 bridgehead atoms. The summed E-state index contributed by atoms with van der Waals surface area (Å²) < 4.78 is 5.36. The maximum Gasteiger partial charge on any atom is 0.260 e. The van der Waals surface area contributed by atoms with Crippen molar-refractivity contribution < 1.29 is 9.53 Å². The van der Waals surface area contributed by atoms with Crippen LogP contribution in [-0.2, 0) is 4.79 Å². The van der Waals surface area contributed by atoms with Crippen LogP contribution < -0.4 is 4.74 Å². The molecule has 5 heteroatoms. The fourth-order valence-corrected chi connectivity index (χ4v) is 1.91. The maximum absolute atomic E-state index is 11.7. The molecule has 1 aromatic rings. The smallest absolute Gasteiger partial charge is 0.260 e. The van der Waals surface area contributed by atoms with Crippen molar-refractivity contribution in [2.45, 2.75) is 11.8 Å². The van der Waals surface area contributed by atoms with E-state index in [1.165, 1.54) is 0 Å². The van der Waals surface area contributed by atoms with E-state index in [4.69, 9.17) is 16.3 Å². The van der Waals surface area contributed by atoms with E-state index in [1.807, 2.05) is 6.92 Å². The summed E-state index contributed by atoms with van der Waals surface area (Å²) in [5.41, 5.74) is 0. The van der Waals surface area contributed by atoms with Crippen molar-refractivity contribution >= 4 is 33.4 Å². The first-order valence-electron chi connectivity index (χ1n) is 5.25. The SMILES string of the molecule is CC(Br)CN(C)C(=O)COc1cccc(Cl)c1. The molecule has 0 heterocycles. The number of rotatable bonds is 5. The highest BCUT2D eigenvalue weighted by molar-refractivity contribution is 9.09. The van der Waals surface area contributed by atoms with Crippen molar-refractivity contribution in [3.05, 3.63) is 29.3 Å². The number of ether oxygens (including phenoxy) is 1. The summed E-state index contributed by atoms with van der Waals surface area (Å²) in [5, 5.41) is 0.595. The zero-order valence-electron chi connectivity index (χ0n) is 9.82. The van der Waals surface area contributed by atoms with Crippen molar-refractivity contribution in [2.75, 3.05) is 20.2 Å². The number of benzene rings is 1. The van der Waals surface area contributed by atoms with Gasteiger partial charge in [-0.25, -0.2) is 0 Å². The average molecular weight is 321 g/mol. The lowest BCUT2D eigenvalue weighted by molar-refractivity contribution is -0.132. The lowest BCUT2D eigenvalue weighted by Crippen LogP contribution is -2.34. The molecule has 0 radical (unpaired) electrons. The van der Waals surface area contributed by atoms with Gasteiger partial charge in [0.15, 0.2) is 6.61 Å². The van der Waals surface area contributed by atoms with Gasteiger partial charge in [-0.2, -0.15) is 0 Å². The Bertz CT molecular complexity index is 385. The molecule has 1 atom stereocenters. The van der Waals surface area contributed by atoms with Gasteiger partial charge in [-0.15, -0.1) is 0 Å². The predicted octanol–water partition coefficient (Wildman–Crippen LogP) is 2.96. The summed E-state index contributed by atoms with van der Waals surface area (Å²) in [6, 6.07) is 7.00. The van der Waals surface area contributed by atoms with Crippen LogP contribution in [0.25, 0.3) is 0 Å². The Morgan fingerprint density at radius 3 is 2.88 bits per heavy atom. The molecule has 0 aliphatic carbocycles. The van der Waals surface area contributed by atoms with Crippen molar-refractivity contribution in [3.8, 4) is 5.75 Å². The van der Waals surface area contributed by atoms with Gasteiger partial charge >= 0.3 is 0 Å². The second-order valence-corrected chi connectivity index (χ2v) is 5.80.